The van der Waals surface area contributed by atoms with E-state index in [4.69, 9.17) is 0 Å². The van der Waals surface area contributed by atoms with Crippen LogP contribution < -0.4 is 5.32 Å². The molecule has 4 heteroatoms. The summed E-state index contributed by atoms with van der Waals surface area (Å²) >= 11 is 0. The molecular formula is C14H15N3O. The molecule has 1 aromatic heterocycles. The van der Waals surface area contributed by atoms with Gasteiger partial charge in [-0.1, -0.05) is 19.1 Å². The summed E-state index contributed by atoms with van der Waals surface area (Å²) < 4.78 is 0. The zero-order valence-corrected chi connectivity index (χ0v) is 10.5. The minimum Gasteiger partial charge on any atom is -0.340 e. The molecule has 2 rings (SSSR count). The van der Waals surface area contributed by atoms with Crippen LogP contribution in [0.25, 0.3) is 0 Å². The quantitative estimate of drug-likeness (QED) is 0.836. The highest BCUT2D eigenvalue weighted by Crippen LogP contribution is 2.18. The molecule has 1 N–H and O–H groups in total. The van der Waals surface area contributed by atoms with Crippen LogP contribution in [0.15, 0.2) is 30.5 Å². The van der Waals surface area contributed by atoms with Gasteiger partial charge in [-0.15, -0.1) is 0 Å². The van der Waals surface area contributed by atoms with Crippen molar-refractivity contribution in [3.63, 3.8) is 0 Å². The van der Waals surface area contributed by atoms with Crippen LogP contribution in [0.5, 0.6) is 0 Å². The van der Waals surface area contributed by atoms with Gasteiger partial charge in [-0.3, -0.25) is 4.79 Å². The number of benzene rings is 1. The summed E-state index contributed by atoms with van der Waals surface area (Å²) in [4.78, 5) is 19.1. The molecule has 0 amide bonds. The molecule has 92 valence electrons. The fraction of sp³-hybridized carbons (Fsp3) is 0.214. The number of nitrogens with one attached hydrogen (secondary N) is 1. The lowest BCUT2D eigenvalue weighted by Gasteiger charge is -2.08. The van der Waals surface area contributed by atoms with Crippen molar-refractivity contribution in [1.82, 2.24) is 9.97 Å². The van der Waals surface area contributed by atoms with E-state index < -0.39 is 0 Å². The number of rotatable bonds is 4. The van der Waals surface area contributed by atoms with Crippen molar-refractivity contribution in [2.24, 2.45) is 0 Å². The highest BCUT2D eigenvalue weighted by Gasteiger charge is 2.05. The second-order valence-corrected chi connectivity index (χ2v) is 4.01. The minimum atomic E-state index is 0.458. The van der Waals surface area contributed by atoms with E-state index in [0.29, 0.717) is 17.2 Å². The van der Waals surface area contributed by atoms with Gasteiger partial charge < -0.3 is 5.32 Å². The number of carbonyl (C=O) groups is 1. The number of aromatic nitrogens is 2. The van der Waals surface area contributed by atoms with Gasteiger partial charge in [-0.25, -0.2) is 9.97 Å². The number of hydrogen-bond acceptors (Lipinski definition) is 4. The molecule has 18 heavy (non-hydrogen) atoms. The van der Waals surface area contributed by atoms with Crippen molar-refractivity contribution < 1.29 is 4.79 Å². The molecule has 0 saturated carbocycles. The summed E-state index contributed by atoms with van der Waals surface area (Å²) in [5.41, 5.74) is 2.64. The topological polar surface area (TPSA) is 54.9 Å². The second-order valence-electron chi connectivity index (χ2n) is 4.01. The van der Waals surface area contributed by atoms with Crippen LogP contribution in [0, 0.1) is 6.92 Å². The first-order valence-corrected chi connectivity index (χ1v) is 5.87. The maximum atomic E-state index is 10.9. The molecule has 1 heterocycles. The minimum absolute atomic E-state index is 0.458. The summed E-state index contributed by atoms with van der Waals surface area (Å²) in [5, 5.41) is 3.13. The number of aryl methyl sites for hydroxylation is 2. The van der Waals surface area contributed by atoms with Crippen molar-refractivity contribution in [2.75, 3.05) is 5.32 Å². The van der Waals surface area contributed by atoms with E-state index in [2.05, 4.69) is 34.3 Å². The molecule has 0 aliphatic carbocycles. The second kappa shape index (κ2) is 5.40. The number of aldehydes is 1. The summed E-state index contributed by atoms with van der Waals surface area (Å²) in [6.07, 6.45) is 3.28. The van der Waals surface area contributed by atoms with E-state index in [1.54, 1.807) is 6.92 Å². The molecule has 0 saturated heterocycles. The van der Waals surface area contributed by atoms with E-state index in [1.807, 2.05) is 12.1 Å². The fourth-order valence-electron chi connectivity index (χ4n) is 1.63. The van der Waals surface area contributed by atoms with E-state index in [1.165, 1.54) is 11.8 Å². The summed E-state index contributed by atoms with van der Waals surface area (Å²) in [6, 6.07) is 8.06. The third-order valence-corrected chi connectivity index (χ3v) is 2.69. The average molecular weight is 241 g/mol. The normalized spacial score (nSPS) is 10.1. The summed E-state index contributed by atoms with van der Waals surface area (Å²) in [7, 11) is 0. The van der Waals surface area contributed by atoms with Crippen LogP contribution in [0.1, 0.15) is 28.7 Å². The third-order valence-electron chi connectivity index (χ3n) is 2.69. The summed E-state index contributed by atoms with van der Waals surface area (Å²) in [6.45, 7) is 3.90. The van der Waals surface area contributed by atoms with Gasteiger partial charge in [0.05, 0.1) is 5.56 Å². The Labute approximate surface area is 106 Å². The van der Waals surface area contributed by atoms with Gasteiger partial charge >= 0.3 is 0 Å². The van der Waals surface area contributed by atoms with E-state index >= 15 is 0 Å². The van der Waals surface area contributed by atoms with E-state index in [9.17, 15) is 4.79 Å². The van der Waals surface area contributed by atoms with Gasteiger partial charge in [0.1, 0.15) is 11.6 Å². The molecule has 0 radical (unpaired) electrons. The first-order chi connectivity index (χ1) is 8.72. The van der Waals surface area contributed by atoms with Crippen LogP contribution in [0.2, 0.25) is 0 Å². The Hall–Kier alpha value is -2.23. The SMILES string of the molecule is CCc1ccc(Nc2nc(C)ncc2C=O)cc1. The Morgan fingerprint density at radius 1 is 1.28 bits per heavy atom. The predicted molar refractivity (Wildman–Crippen MR) is 71.3 cm³/mol. The van der Waals surface area contributed by atoms with Crippen molar-refractivity contribution in [2.45, 2.75) is 20.3 Å². The maximum Gasteiger partial charge on any atom is 0.155 e. The van der Waals surface area contributed by atoms with Crippen LogP contribution in [0.4, 0.5) is 11.5 Å². The molecule has 0 unspecified atom stereocenters. The third kappa shape index (κ3) is 2.71. The number of nitrogens with zero attached hydrogens (tertiary/aromatic N) is 2. The average Bonchev–Trinajstić information content (AvgIpc) is 2.40. The first kappa shape index (κ1) is 12.2. The van der Waals surface area contributed by atoms with Gasteiger partial charge in [-0.2, -0.15) is 0 Å². The molecule has 4 nitrogen and oxygen atoms in total. The lowest BCUT2D eigenvalue weighted by molar-refractivity contribution is 0.112. The van der Waals surface area contributed by atoms with Crippen LogP contribution in [-0.4, -0.2) is 16.3 Å². The van der Waals surface area contributed by atoms with Crippen molar-refractivity contribution in [3.05, 3.63) is 47.4 Å². The largest absolute Gasteiger partial charge is 0.340 e. The monoisotopic (exact) mass is 241 g/mol. The molecule has 2 aromatic rings. The molecule has 0 atom stereocenters. The molecule has 0 spiro atoms. The predicted octanol–water partition coefficient (Wildman–Crippen LogP) is 2.90. The Kier molecular flexibility index (Phi) is 3.67. The Bertz CT molecular complexity index is 549. The zero-order chi connectivity index (χ0) is 13.0. The van der Waals surface area contributed by atoms with Crippen LogP contribution in [0.3, 0.4) is 0 Å². The summed E-state index contributed by atoms with van der Waals surface area (Å²) in [5.74, 6) is 1.18. The molecule has 0 aliphatic heterocycles. The van der Waals surface area contributed by atoms with Crippen LogP contribution >= 0.6 is 0 Å². The van der Waals surface area contributed by atoms with Crippen molar-refractivity contribution >= 4 is 17.8 Å². The van der Waals surface area contributed by atoms with Gasteiger partial charge in [0, 0.05) is 11.9 Å². The van der Waals surface area contributed by atoms with Gasteiger partial charge in [0.2, 0.25) is 0 Å². The Morgan fingerprint density at radius 2 is 2.00 bits per heavy atom. The molecule has 0 bridgehead atoms. The molecule has 1 aromatic carbocycles. The molecule has 0 fully saturated rings. The molecule has 0 aliphatic rings. The Balaban J connectivity index is 2.27. The van der Waals surface area contributed by atoms with E-state index in [0.717, 1.165) is 18.4 Å². The van der Waals surface area contributed by atoms with Gasteiger partial charge in [-0.05, 0) is 31.0 Å². The zero-order valence-electron chi connectivity index (χ0n) is 10.5. The first-order valence-electron chi connectivity index (χ1n) is 5.87. The van der Waals surface area contributed by atoms with E-state index in [-0.39, 0.29) is 0 Å². The highest BCUT2D eigenvalue weighted by molar-refractivity contribution is 5.83. The van der Waals surface area contributed by atoms with Crippen molar-refractivity contribution in [1.29, 1.82) is 0 Å². The smallest absolute Gasteiger partial charge is 0.155 e. The van der Waals surface area contributed by atoms with Crippen molar-refractivity contribution in [3.8, 4) is 0 Å². The number of anilines is 2. The van der Waals surface area contributed by atoms with Crippen LogP contribution in [-0.2, 0) is 6.42 Å². The Morgan fingerprint density at radius 3 is 2.61 bits per heavy atom. The van der Waals surface area contributed by atoms with Gasteiger partial charge in [0.15, 0.2) is 6.29 Å². The van der Waals surface area contributed by atoms with Gasteiger partial charge in [0.25, 0.3) is 0 Å². The highest BCUT2D eigenvalue weighted by atomic mass is 16.1. The fourth-order valence-corrected chi connectivity index (χ4v) is 1.63. The number of carbonyl (C=O) groups excluding carboxylic acids is 1. The molecular weight excluding hydrogens is 226 g/mol. The lowest BCUT2D eigenvalue weighted by Crippen LogP contribution is -2.01. The standard InChI is InChI=1S/C14H15N3O/c1-3-11-4-6-13(7-5-11)17-14-12(9-18)8-15-10(2)16-14/h4-9H,3H2,1-2H3,(H,15,16,17). The maximum absolute atomic E-state index is 10.9. The lowest BCUT2D eigenvalue weighted by atomic mass is 10.1. The number of hydrogen-bond donors (Lipinski definition) is 1.